The lowest BCUT2D eigenvalue weighted by Gasteiger charge is -2.11. The standard InChI is InChI=1S/C24H18Cl2N2O2/c1-30-17-9-6-15(7-10-17)14-27-24(29)19-13-23(16-8-11-20(25)21(26)12-16)28-22-5-3-2-4-18(19)22/h2-13H,14H2,1H3,(H,27,29). The second kappa shape index (κ2) is 8.74. The third-order valence-electron chi connectivity index (χ3n) is 4.79. The van der Waals surface area contributed by atoms with Crippen LogP contribution in [0.1, 0.15) is 15.9 Å². The van der Waals surface area contributed by atoms with Crippen molar-refractivity contribution in [1.29, 1.82) is 0 Å². The van der Waals surface area contributed by atoms with Crippen LogP contribution in [-0.2, 0) is 6.54 Å². The van der Waals surface area contributed by atoms with Gasteiger partial charge in [0.1, 0.15) is 5.75 Å². The van der Waals surface area contributed by atoms with Gasteiger partial charge in [0.05, 0.1) is 33.9 Å². The Hall–Kier alpha value is -3.08. The first-order chi connectivity index (χ1) is 14.5. The maximum absolute atomic E-state index is 13.0. The van der Waals surface area contributed by atoms with E-state index < -0.39 is 0 Å². The summed E-state index contributed by atoms with van der Waals surface area (Å²) in [5.74, 6) is 0.599. The van der Waals surface area contributed by atoms with E-state index in [4.69, 9.17) is 32.9 Å². The second-order valence-corrected chi connectivity index (χ2v) is 7.55. The molecule has 150 valence electrons. The van der Waals surface area contributed by atoms with Crippen molar-refractivity contribution >= 4 is 40.0 Å². The van der Waals surface area contributed by atoms with Gasteiger partial charge in [-0.3, -0.25) is 4.79 Å². The Morgan fingerprint density at radius 1 is 0.967 bits per heavy atom. The van der Waals surface area contributed by atoms with Crippen molar-refractivity contribution in [3.8, 4) is 17.0 Å². The zero-order chi connectivity index (χ0) is 21.1. The van der Waals surface area contributed by atoms with Crippen LogP contribution in [0.5, 0.6) is 5.75 Å². The SMILES string of the molecule is COc1ccc(CNC(=O)c2cc(-c3ccc(Cl)c(Cl)c3)nc3ccccc23)cc1. The fraction of sp³-hybridized carbons (Fsp3) is 0.0833. The summed E-state index contributed by atoms with van der Waals surface area (Å²) < 4.78 is 5.17. The number of rotatable bonds is 5. The van der Waals surface area contributed by atoms with E-state index >= 15 is 0 Å². The number of carbonyl (C=O) groups is 1. The van der Waals surface area contributed by atoms with Crippen molar-refractivity contribution < 1.29 is 9.53 Å². The van der Waals surface area contributed by atoms with Crippen molar-refractivity contribution in [3.63, 3.8) is 0 Å². The third kappa shape index (κ3) is 4.25. The fourth-order valence-corrected chi connectivity index (χ4v) is 3.49. The number of methoxy groups -OCH3 is 1. The van der Waals surface area contributed by atoms with Crippen molar-refractivity contribution in [2.45, 2.75) is 6.54 Å². The first-order valence-electron chi connectivity index (χ1n) is 9.31. The molecular formula is C24H18Cl2N2O2. The minimum Gasteiger partial charge on any atom is -0.497 e. The summed E-state index contributed by atoms with van der Waals surface area (Å²) in [4.78, 5) is 17.7. The molecule has 0 saturated heterocycles. The topological polar surface area (TPSA) is 51.2 Å². The molecule has 30 heavy (non-hydrogen) atoms. The van der Waals surface area contributed by atoms with E-state index in [1.807, 2.05) is 54.6 Å². The molecule has 4 nitrogen and oxygen atoms in total. The first-order valence-corrected chi connectivity index (χ1v) is 10.1. The summed E-state index contributed by atoms with van der Waals surface area (Å²) in [5, 5.41) is 4.69. The zero-order valence-corrected chi connectivity index (χ0v) is 17.7. The van der Waals surface area contributed by atoms with Crippen molar-refractivity contribution in [1.82, 2.24) is 10.3 Å². The first kappa shape index (κ1) is 20.2. The molecule has 1 aromatic heterocycles. The maximum atomic E-state index is 13.0. The summed E-state index contributed by atoms with van der Waals surface area (Å²) in [6.07, 6.45) is 0. The lowest BCUT2D eigenvalue weighted by atomic mass is 10.0. The van der Waals surface area contributed by atoms with Gasteiger partial charge in [-0.15, -0.1) is 0 Å². The van der Waals surface area contributed by atoms with Gasteiger partial charge in [-0.1, -0.05) is 59.6 Å². The van der Waals surface area contributed by atoms with Gasteiger partial charge < -0.3 is 10.1 Å². The zero-order valence-electron chi connectivity index (χ0n) is 16.2. The molecule has 0 radical (unpaired) electrons. The third-order valence-corrected chi connectivity index (χ3v) is 5.53. The number of hydrogen-bond acceptors (Lipinski definition) is 3. The van der Waals surface area contributed by atoms with Gasteiger partial charge in [-0.2, -0.15) is 0 Å². The van der Waals surface area contributed by atoms with Crippen LogP contribution in [0.25, 0.3) is 22.2 Å². The molecule has 0 atom stereocenters. The fourth-order valence-electron chi connectivity index (χ4n) is 3.19. The molecule has 0 fully saturated rings. The quantitative estimate of drug-likeness (QED) is 0.408. The minimum atomic E-state index is -0.175. The lowest BCUT2D eigenvalue weighted by molar-refractivity contribution is 0.0952. The molecule has 0 aliphatic heterocycles. The van der Waals surface area contributed by atoms with Crippen LogP contribution < -0.4 is 10.1 Å². The molecular weight excluding hydrogens is 419 g/mol. The van der Waals surface area contributed by atoms with Crippen molar-refractivity contribution in [3.05, 3.63) is 94.0 Å². The highest BCUT2D eigenvalue weighted by molar-refractivity contribution is 6.42. The molecule has 0 bridgehead atoms. The largest absolute Gasteiger partial charge is 0.497 e. The summed E-state index contributed by atoms with van der Waals surface area (Å²) in [6, 6.07) is 22.2. The van der Waals surface area contributed by atoms with Gasteiger partial charge in [0, 0.05) is 17.5 Å². The molecule has 0 spiro atoms. The Bertz CT molecular complexity index is 1220. The number of ether oxygens (including phenoxy) is 1. The van der Waals surface area contributed by atoms with E-state index in [1.165, 1.54) is 0 Å². The number of benzene rings is 3. The lowest BCUT2D eigenvalue weighted by Crippen LogP contribution is -2.23. The van der Waals surface area contributed by atoms with Gasteiger partial charge in [0.25, 0.3) is 5.91 Å². The Morgan fingerprint density at radius 2 is 1.73 bits per heavy atom. The molecule has 0 aliphatic rings. The monoisotopic (exact) mass is 436 g/mol. The van der Waals surface area contributed by atoms with Gasteiger partial charge in [0.2, 0.25) is 0 Å². The minimum absolute atomic E-state index is 0.175. The highest BCUT2D eigenvalue weighted by atomic mass is 35.5. The van der Waals surface area contributed by atoms with Gasteiger partial charge in [0.15, 0.2) is 0 Å². The number of nitrogens with zero attached hydrogens (tertiary/aromatic N) is 1. The second-order valence-electron chi connectivity index (χ2n) is 6.73. The molecule has 1 N–H and O–H groups in total. The molecule has 4 rings (SSSR count). The average molecular weight is 437 g/mol. The predicted octanol–water partition coefficient (Wildman–Crippen LogP) is 6.15. The molecule has 1 heterocycles. The molecule has 6 heteroatoms. The van der Waals surface area contributed by atoms with Crippen LogP contribution in [-0.4, -0.2) is 18.0 Å². The smallest absolute Gasteiger partial charge is 0.252 e. The summed E-state index contributed by atoms with van der Waals surface area (Å²) in [5.41, 5.74) is 3.71. The summed E-state index contributed by atoms with van der Waals surface area (Å²) in [7, 11) is 1.62. The van der Waals surface area contributed by atoms with E-state index in [1.54, 1.807) is 25.3 Å². The Kier molecular flexibility index (Phi) is 5.88. The normalized spacial score (nSPS) is 10.8. The summed E-state index contributed by atoms with van der Waals surface area (Å²) >= 11 is 12.2. The van der Waals surface area contributed by atoms with E-state index in [0.29, 0.717) is 27.8 Å². The molecule has 4 aromatic rings. The number of hydrogen-bond donors (Lipinski definition) is 1. The average Bonchev–Trinajstić information content (AvgIpc) is 2.78. The Balaban J connectivity index is 1.67. The van der Waals surface area contributed by atoms with E-state index in [9.17, 15) is 4.79 Å². The number of nitrogens with one attached hydrogen (secondary N) is 1. The Labute approximate surface area is 184 Å². The highest BCUT2D eigenvalue weighted by Gasteiger charge is 2.14. The van der Waals surface area contributed by atoms with Crippen LogP contribution in [0.4, 0.5) is 0 Å². The van der Waals surface area contributed by atoms with Crippen LogP contribution in [0.3, 0.4) is 0 Å². The van der Waals surface area contributed by atoms with Crippen molar-refractivity contribution in [2.24, 2.45) is 0 Å². The van der Waals surface area contributed by atoms with Crippen LogP contribution >= 0.6 is 23.2 Å². The number of halogens is 2. The number of fused-ring (bicyclic) bond motifs is 1. The molecule has 0 unspecified atom stereocenters. The maximum Gasteiger partial charge on any atom is 0.252 e. The van der Waals surface area contributed by atoms with Crippen molar-refractivity contribution in [2.75, 3.05) is 7.11 Å². The Morgan fingerprint density at radius 3 is 2.47 bits per heavy atom. The molecule has 3 aromatic carbocycles. The van der Waals surface area contributed by atoms with Gasteiger partial charge in [-0.25, -0.2) is 4.98 Å². The predicted molar refractivity (Wildman–Crippen MR) is 121 cm³/mol. The number of carbonyl (C=O) groups excluding carboxylic acids is 1. The van der Waals surface area contributed by atoms with Crippen LogP contribution in [0, 0.1) is 0 Å². The number of aromatic nitrogens is 1. The number of pyridine rings is 1. The van der Waals surface area contributed by atoms with E-state index in [0.717, 1.165) is 27.8 Å². The van der Waals surface area contributed by atoms with E-state index in [2.05, 4.69) is 5.32 Å². The molecule has 0 aliphatic carbocycles. The van der Waals surface area contributed by atoms with Crippen LogP contribution in [0.15, 0.2) is 72.8 Å². The van der Waals surface area contributed by atoms with Gasteiger partial charge >= 0.3 is 0 Å². The van der Waals surface area contributed by atoms with Gasteiger partial charge in [-0.05, 0) is 42.0 Å². The molecule has 0 saturated carbocycles. The molecule has 1 amide bonds. The highest BCUT2D eigenvalue weighted by Crippen LogP contribution is 2.30. The van der Waals surface area contributed by atoms with E-state index in [-0.39, 0.29) is 5.91 Å². The number of para-hydroxylation sites is 1. The summed E-state index contributed by atoms with van der Waals surface area (Å²) in [6.45, 7) is 0.404. The van der Waals surface area contributed by atoms with Crippen LogP contribution in [0.2, 0.25) is 10.0 Å². The number of amides is 1.